The van der Waals surface area contributed by atoms with Gasteiger partial charge in [0.25, 0.3) is 0 Å². The van der Waals surface area contributed by atoms with Gasteiger partial charge in [-0.15, -0.1) is 0 Å². The third-order valence-electron chi connectivity index (χ3n) is 4.05. The van der Waals surface area contributed by atoms with Gasteiger partial charge in [-0.1, -0.05) is 24.3 Å². The first kappa shape index (κ1) is 17.2. The average molecular weight is 340 g/mol. The van der Waals surface area contributed by atoms with Crippen molar-refractivity contribution in [1.82, 2.24) is 4.98 Å². The maximum atomic E-state index is 12.3. The molecule has 0 fully saturated rings. The number of benzene rings is 1. The molecule has 0 atom stereocenters. The Hall–Kier alpha value is -2.60. The number of hydrogen-bond donors (Lipinski definition) is 1. The fourth-order valence-electron chi connectivity index (χ4n) is 2.91. The molecule has 6 nitrogen and oxygen atoms in total. The third-order valence-corrected chi connectivity index (χ3v) is 4.05. The van der Waals surface area contributed by atoms with Gasteiger partial charge in [0.2, 0.25) is 0 Å². The molecule has 0 bridgehead atoms. The molecular formula is C19H24N4O2. The number of aromatic nitrogens is 1. The number of fused-ring (bicyclic) bond motifs is 1. The monoisotopic (exact) mass is 340 g/mol. The quantitative estimate of drug-likeness (QED) is 0.516. The molecule has 1 aliphatic heterocycles. The normalized spacial score (nSPS) is 14.0. The van der Waals surface area contributed by atoms with Crippen molar-refractivity contribution in [2.75, 3.05) is 16.5 Å². The molecule has 3 rings (SSSR count). The highest BCUT2D eigenvalue weighted by molar-refractivity contribution is 5.90. The van der Waals surface area contributed by atoms with E-state index < -0.39 is 11.7 Å². The molecule has 0 saturated carbocycles. The fourth-order valence-corrected chi connectivity index (χ4v) is 2.91. The molecule has 1 aromatic heterocycles. The second-order valence-corrected chi connectivity index (χ2v) is 7.14. The Bertz CT molecular complexity index is 770. The Kier molecular flexibility index (Phi) is 4.63. The van der Waals surface area contributed by atoms with E-state index in [2.05, 4.69) is 28.1 Å². The van der Waals surface area contributed by atoms with Gasteiger partial charge >= 0.3 is 6.09 Å². The van der Waals surface area contributed by atoms with Gasteiger partial charge in [0.15, 0.2) is 5.82 Å². The van der Waals surface area contributed by atoms with E-state index in [4.69, 9.17) is 10.6 Å². The highest BCUT2D eigenvalue weighted by Gasteiger charge is 2.26. The Labute approximate surface area is 148 Å². The number of rotatable bonds is 2. The highest BCUT2D eigenvalue weighted by Crippen LogP contribution is 2.30. The molecule has 6 heteroatoms. The highest BCUT2D eigenvalue weighted by atomic mass is 16.6. The number of hydrogen-bond acceptors (Lipinski definition) is 5. The summed E-state index contributed by atoms with van der Waals surface area (Å²) >= 11 is 0. The van der Waals surface area contributed by atoms with Crippen LogP contribution in [0.15, 0.2) is 42.6 Å². The zero-order chi connectivity index (χ0) is 18.0. The van der Waals surface area contributed by atoms with E-state index in [1.54, 1.807) is 18.3 Å². The number of hydrazine groups is 1. The van der Waals surface area contributed by atoms with Crippen molar-refractivity contribution >= 4 is 17.6 Å². The number of carbonyl (C=O) groups excluding carboxylic acids is 1. The molecular weight excluding hydrogens is 316 g/mol. The summed E-state index contributed by atoms with van der Waals surface area (Å²) in [6.45, 7) is 6.99. The Morgan fingerprint density at radius 2 is 1.92 bits per heavy atom. The molecule has 0 aliphatic carbocycles. The molecule has 0 saturated heterocycles. The third kappa shape index (κ3) is 3.91. The van der Waals surface area contributed by atoms with Crippen LogP contribution < -0.4 is 15.8 Å². The zero-order valence-electron chi connectivity index (χ0n) is 14.9. The van der Waals surface area contributed by atoms with Gasteiger partial charge in [0.05, 0.1) is 0 Å². The van der Waals surface area contributed by atoms with Crippen LogP contribution in [0.2, 0.25) is 0 Å². The van der Waals surface area contributed by atoms with Crippen LogP contribution in [0.3, 0.4) is 0 Å². The lowest BCUT2D eigenvalue weighted by molar-refractivity contribution is 0.0580. The molecule has 0 radical (unpaired) electrons. The lowest BCUT2D eigenvalue weighted by atomic mass is 10.00. The van der Waals surface area contributed by atoms with E-state index in [9.17, 15) is 4.79 Å². The molecule has 2 heterocycles. The van der Waals surface area contributed by atoms with E-state index >= 15 is 0 Å². The second kappa shape index (κ2) is 6.72. The van der Waals surface area contributed by atoms with Gasteiger partial charge in [0.1, 0.15) is 11.3 Å². The number of anilines is 2. The van der Waals surface area contributed by atoms with Crippen LogP contribution >= 0.6 is 0 Å². The summed E-state index contributed by atoms with van der Waals surface area (Å²) in [6, 6.07) is 11.9. The Morgan fingerprint density at radius 3 is 2.64 bits per heavy atom. The zero-order valence-corrected chi connectivity index (χ0v) is 14.9. The minimum Gasteiger partial charge on any atom is -0.442 e. The van der Waals surface area contributed by atoms with Crippen LogP contribution in [0.25, 0.3) is 0 Å². The molecule has 132 valence electrons. The first-order chi connectivity index (χ1) is 11.8. The second-order valence-electron chi connectivity index (χ2n) is 7.14. The van der Waals surface area contributed by atoms with Gasteiger partial charge in [-0.2, -0.15) is 0 Å². The summed E-state index contributed by atoms with van der Waals surface area (Å²) in [7, 11) is 0. The van der Waals surface area contributed by atoms with E-state index in [0.717, 1.165) is 24.5 Å². The van der Waals surface area contributed by atoms with Gasteiger partial charge in [0, 0.05) is 19.3 Å². The minimum absolute atomic E-state index is 0.538. The summed E-state index contributed by atoms with van der Waals surface area (Å²) in [4.78, 5) is 18.9. The number of pyridine rings is 1. The standard InChI is InChI=1S/C19H24N4O2/c1-19(2,3)25-18(24)23(20)16-9-6-11-21-17(16)22-12-10-14-7-4-5-8-15(14)13-22/h4-9,11H,10,12-13,20H2,1-3H3. The number of amides is 1. The van der Waals surface area contributed by atoms with Crippen molar-refractivity contribution in [3.63, 3.8) is 0 Å². The molecule has 2 N–H and O–H groups in total. The summed E-state index contributed by atoms with van der Waals surface area (Å²) in [5.74, 6) is 6.73. The maximum absolute atomic E-state index is 12.3. The SMILES string of the molecule is CC(C)(C)OC(=O)N(N)c1cccnc1N1CCc2ccccc2C1. The van der Waals surface area contributed by atoms with Gasteiger partial charge in [-0.25, -0.2) is 20.6 Å². The molecule has 2 aromatic rings. The van der Waals surface area contributed by atoms with Crippen molar-refractivity contribution in [3.8, 4) is 0 Å². The molecule has 0 spiro atoms. The number of nitrogens with two attached hydrogens (primary N) is 1. The summed E-state index contributed by atoms with van der Waals surface area (Å²) in [6.07, 6.45) is 2.05. The van der Waals surface area contributed by atoms with Crippen LogP contribution in [-0.4, -0.2) is 23.2 Å². The van der Waals surface area contributed by atoms with Gasteiger partial charge < -0.3 is 9.64 Å². The number of carbonyl (C=O) groups is 1. The largest absolute Gasteiger partial charge is 0.442 e. The topological polar surface area (TPSA) is 71.7 Å². The predicted molar refractivity (Wildman–Crippen MR) is 98.3 cm³/mol. The van der Waals surface area contributed by atoms with Gasteiger partial charge in [-0.3, -0.25) is 0 Å². The van der Waals surface area contributed by atoms with Crippen LogP contribution in [0.4, 0.5) is 16.3 Å². The van der Waals surface area contributed by atoms with Crippen molar-refractivity contribution in [2.45, 2.75) is 39.3 Å². The van der Waals surface area contributed by atoms with Crippen LogP contribution in [0, 0.1) is 0 Å². The number of nitrogens with zero attached hydrogens (tertiary/aromatic N) is 3. The first-order valence-corrected chi connectivity index (χ1v) is 8.40. The van der Waals surface area contributed by atoms with E-state index in [1.165, 1.54) is 11.1 Å². The number of ether oxygens (including phenoxy) is 1. The van der Waals surface area contributed by atoms with Crippen LogP contribution in [0.1, 0.15) is 31.9 Å². The van der Waals surface area contributed by atoms with Crippen molar-refractivity contribution in [3.05, 3.63) is 53.7 Å². The first-order valence-electron chi connectivity index (χ1n) is 8.40. The summed E-state index contributed by atoms with van der Waals surface area (Å²) in [5, 5.41) is 1.04. The van der Waals surface area contributed by atoms with Crippen LogP contribution in [-0.2, 0) is 17.7 Å². The molecule has 1 aliphatic rings. The van der Waals surface area contributed by atoms with Crippen molar-refractivity contribution < 1.29 is 9.53 Å². The lowest BCUT2D eigenvalue weighted by Gasteiger charge is -2.32. The molecule has 1 amide bonds. The summed E-state index contributed by atoms with van der Waals surface area (Å²) < 4.78 is 5.37. The van der Waals surface area contributed by atoms with Crippen LogP contribution in [0.5, 0.6) is 0 Å². The smallest absolute Gasteiger partial charge is 0.429 e. The van der Waals surface area contributed by atoms with E-state index in [0.29, 0.717) is 11.5 Å². The molecule has 0 unspecified atom stereocenters. The van der Waals surface area contributed by atoms with E-state index in [-0.39, 0.29) is 0 Å². The Morgan fingerprint density at radius 1 is 1.20 bits per heavy atom. The lowest BCUT2D eigenvalue weighted by Crippen LogP contribution is -2.43. The fraction of sp³-hybridized carbons (Fsp3) is 0.368. The average Bonchev–Trinajstić information content (AvgIpc) is 2.59. The van der Waals surface area contributed by atoms with Gasteiger partial charge in [-0.05, 0) is 50.5 Å². The minimum atomic E-state index is -0.610. The Balaban J connectivity index is 1.86. The predicted octanol–water partition coefficient (Wildman–Crippen LogP) is 3.26. The van der Waals surface area contributed by atoms with Crippen molar-refractivity contribution in [2.24, 2.45) is 5.84 Å². The summed E-state index contributed by atoms with van der Waals surface area (Å²) in [5.41, 5.74) is 2.55. The van der Waals surface area contributed by atoms with E-state index in [1.807, 2.05) is 26.8 Å². The molecule has 25 heavy (non-hydrogen) atoms. The van der Waals surface area contributed by atoms with Crippen molar-refractivity contribution in [1.29, 1.82) is 0 Å². The molecule has 1 aromatic carbocycles. The maximum Gasteiger partial charge on any atom is 0.429 e.